The molecule has 1 N–H and O–H groups in total. The second-order valence-corrected chi connectivity index (χ2v) is 3.72. The van der Waals surface area contributed by atoms with Crippen LogP contribution in [0.3, 0.4) is 0 Å². The van der Waals surface area contributed by atoms with E-state index in [0.717, 1.165) is 12.8 Å². The molecule has 0 fully saturated rings. The number of hydrogen-bond donors (Lipinski definition) is 1. The Morgan fingerprint density at radius 1 is 1.38 bits per heavy atom. The van der Waals surface area contributed by atoms with Gasteiger partial charge >= 0.3 is 5.97 Å². The molecule has 1 atom stereocenters. The molecule has 0 aliphatic carbocycles. The van der Waals surface area contributed by atoms with Crippen LogP contribution in [0.1, 0.15) is 36.5 Å². The summed E-state index contributed by atoms with van der Waals surface area (Å²) in [5.41, 5.74) is 0.525. The Bertz CT molecular complexity index is 308. The van der Waals surface area contributed by atoms with Crippen LogP contribution in [0.15, 0.2) is 30.3 Å². The van der Waals surface area contributed by atoms with Gasteiger partial charge in [-0.05, 0) is 25.0 Å². The maximum absolute atomic E-state index is 11.6. The average Bonchev–Trinajstić information content (AvgIpc) is 2.35. The molecule has 0 aliphatic heterocycles. The van der Waals surface area contributed by atoms with Gasteiger partial charge in [-0.25, -0.2) is 4.79 Å². The Morgan fingerprint density at radius 2 is 2.06 bits per heavy atom. The van der Waals surface area contributed by atoms with E-state index in [1.807, 2.05) is 6.07 Å². The maximum Gasteiger partial charge on any atom is 0.338 e. The van der Waals surface area contributed by atoms with Gasteiger partial charge in [-0.3, -0.25) is 0 Å². The summed E-state index contributed by atoms with van der Waals surface area (Å²) in [7, 11) is 0. The third-order valence-corrected chi connectivity index (χ3v) is 2.37. The summed E-state index contributed by atoms with van der Waals surface area (Å²) in [5, 5.41) is 9.07. The molecule has 0 aliphatic rings. The maximum atomic E-state index is 11.6. The number of hydrogen-bond acceptors (Lipinski definition) is 3. The number of rotatable bonds is 6. The van der Waals surface area contributed by atoms with Gasteiger partial charge in [0.2, 0.25) is 0 Å². The second-order valence-electron chi connectivity index (χ2n) is 3.72. The molecular formula is C13H18O3. The van der Waals surface area contributed by atoms with Crippen LogP contribution < -0.4 is 0 Å². The van der Waals surface area contributed by atoms with Crippen LogP contribution in [-0.4, -0.2) is 23.8 Å². The molecule has 1 rings (SSSR count). The van der Waals surface area contributed by atoms with Gasteiger partial charge in [0.05, 0.1) is 12.2 Å². The van der Waals surface area contributed by atoms with Crippen LogP contribution in [0.5, 0.6) is 0 Å². The van der Waals surface area contributed by atoms with E-state index < -0.39 is 0 Å². The zero-order valence-electron chi connectivity index (χ0n) is 9.56. The van der Waals surface area contributed by atoms with E-state index >= 15 is 0 Å². The van der Waals surface area contributed by atoms with E-state index in [4.69, 9.17) is 9.84 Å². The first-order chi connectivity index (χ1) is 7.77. The summed E-state index contributed by atoms with van der Waals surface area (Å²) < 4.78 is 5.20. The van der Waals surface area contributed by atoms with E-state index in [1.165, 1.54) is 0 Å². The van der Waals surface area contributed by atoms with Crippen molar-refractivity contribution < 1.29 is 14.6 Å². The number of aliphatic hydroxyl groups is 1. The molecule has 0 amide bonds. The zero-order valence-corrected chi connectivity index (χ0v) is 9.56. The van der Waals surface area contributed by atoms with Gasteiger partial charge in [-0.15, -0.1) is 0 Å². The fourth-order valence-electron chi connectivity index (χ4n) is 1.41. The van der Waals surface area contributed by atoms with Crippen molar-refractivity contribution in [2.24, 2.45) is 0 Å². The molecule has 0 aromatic heterocycles. The van der Waals surface area contributed by atoms with Crippen molar-refractivity contribution in [3.8, 4) is 0 Å². The fraction of sp³-hybridized carbons (Fsp3) is 0.462. The molecule has 0 unspecified atom stereocenters. The molecule has 0 radical (unpaired) electrons. The Morgan fingerprint density at radius 3 is 2.62 bits per heavy atom. The third kappa shape index (κ3) is 4.03. The number of esters is 1. The summed E-state index contributed by atoms with van der Waals surface area (Å²) >= 11 is 0. The molecule has 0 bridgehead atoms. The Kier molecular flexibility index (Phi) is 5.57. The molecule has 16 heavy (non-hydrogen) atoms. The Hall–Kier alpha value is -1.35. The lowest BCUT2D eigenvalue weighted by atomic mass is 10.1. The van der Waals surface area contributed by atoms with Gasteiger partial charge in [0.15, 0.2) is 0 Å². The lowest BCUT2D eigenvalue weighted by molar-refractivity contribution is 0.0109. The molecule has 88 valence electrons. The highest BCUT2D eigenvalue weighted by Crippen LogP contribution is 2.08. The smallest absolute Gasteiger partial charge is 0.338 e. The largest absolute Gasteiger partial charge is 0.456 e. The minimum atomic E-state index is -0.382. The van der Waals surface area contributed by atoms with Gasteiger partial charge in [0, 0.05) is 0 Å². The van der Waals surface area contributed by atoms with Gasteiger partial charge in [0.1, 0.15) is 6.10 Å². The van der Waals surface area contributed by atoms with Gasteiger partial charge in [0.25, 0.3) is 0 Å². The number of carbonyl (C=O) groups is 1. The lowest BCUT2D eigenvalue weighted by Gasteiger charge is -2.14. The van der Waals surface area contributed by atoms with Crippen LogP contribution in [0.25, 0.3) is 0 Å². The SMILES string of the molecule is CCCC[C@@H](CO)OC(=O)c1ccccc1. The van der Waals surface area contributed by atoms with Crippen LogP contribution in [-0.2, 0) is 4.74 Å². The van der Waals surface area contributed by atoms with Crippen molar-refractivity contribution in [3.05, 3.63) is 35.9 Å². The summed E-state index contributed by atoms with van der Waals surface area (Å²) in [5.74, 6) is -0.365. The van der Waals surface area contributed by atoms with Crippen molar-refractivity contribution >= 4 is 5.97 Å². The first-order valence-electron chi connectivity index (χ1n) is 5.64. The number of unbranched alkanes of at least 4 members (excludes halogenated alkanes) is 1. The predicted octanol–water partition coefficient (Wildman–Crippen LogP) is 2.39. The highest BCUT2D eigenvalue weighted by atomic mass is 16.6. The molecule has 3 heteroatoms. The minimum absolute atomic E-state index is 0.113. The summed E-state index contributed by atoms with van der Waals surface area (Å²) in [6, 6.07) is 8.83. The highest BCUT2D eigenvalue weighted by Gasteiger charge is 2.14. The zero-order chi connectivity index (χ0) is 11.8. The Labute approximate surface area is 96.1 Å². The lowest BCUT2D eigenvalue weighted by Crippen LogP contribution is -2.22. The van der Waals surface area contributed by atoms with Crippen molar-refractivity contribution in [2.45, 2.75) is 32.3 Å². The van der Waals surface area contributed by atoms with E-state index in [-0.39, 0.29) is 18.7 Å². The number of benzene rings is 1. The molecule has 3 nitrogen and oxygen atoms in total. The molecule has 0 saturated heterocycles. The van der Waals surface area contributed by atoms with Crippen LogP contribution in [0.2, 0.25) is 0 Å². The quantitative estimate of drug-likeness (QED) is 0.752. The van der Waals surface area contributed by atoms with Gasteiger partial charge in [-0.2, -0.15) is 0 Å². The summed E-state index contributed by atoms with van der Waals surface area (Å²) in [6.07, 6.45) is 2.31. The van der Waals surface area contributed by atoms with Crippen LogP contribution >= 0.6 is 0 Å². The van der Waals surface area contributed by atoms with Gasteiger partial charge in [-0.1, -0.05) is 31.5 Å². The predicted molar refractivity (Wildman–Crippen MR) is 62.3 cm³/mol. The standard InChI is InChI=1S/C13H18O3/c1-2-3-9-12(10-14)16-13(15)11-7-5-4-6-8-11/h4-8,12,14H,2-3,9-10H2,1H3/t12-/m0/s1. The average molecular weight is 222 g/mol. The summed E-state index contributed by atoms with van der Waals surface area (Å²) in [4.78, 5) is 11.6. The first-order valence-corrected chi connectivity index (χ1v) is 5.64. The summed E-state index contributed by atoms with van der Waals surface area (Å²) in [6.45, 7) is 1.95. The van der Waals surface area contributed by atoms with E-state index in [2.05, 4.69) is 6.92 Å². The van der Waals surface area contributed by atoms with Crippen molar-refractivity contribution in [2.75, 3.05) is 6.61 Å². The number of aliphatic hydroxyl groups excluding tert-OH is 1. The molecule has 1 aromatic rings. The number of ether oxygens (including phenoxy) is 1. The molecule has 0 heterocycles. The van der Waals surface area contributed by atoms with Crippen LogP contribution in [0, 0.1) is 0 Å². The molecule has 1 aromatic carbocycles. The van der Waals surface area contributed by atoms with E-state index in [0.29, 0.717) is 12.0 Å². The molecular weight excluding hydrogens is 204 g/mol. The van der Waals surface area contributed by atoms with Crippen molar-refractivity contribution in [3.63, 3.8) is 0 Å². The molecule has 0 spiro atoms. The van der Waals surface area contributed by atoms with E-state index in [1.54, 1.807) is 24.3 Å². The number of carbonyl (C=O) groups excluding carboxylic acids is 1. The normalized spacial score (nSPS) is 12.1. The van der Waals surface area contributed by atoms with Crippen molar-refractivity contribution in [1.82, 2.24) is 0 Å². The second kappa shape index (κ2) is 7.01. The van der Waals surface area contributed by atoms with Crippen LogP contribution in [0.4, 0.5) is 0 Å². The fourth-order valence-corrected chi connectivity index (χ4v) is 1.41. The van der Waals surface area contributed by atoms with E-state index in [9.17, 15) is 4.79 Å². The third-order valence-electron chi connectivity index (χ3n) is 2.37. The molecule has 0 saturated carbocycles. The first kappa shape index (κ1) is 12.7. The minimum Gasteiger partial charge on any atom is -0.456 e. The van der Waals surface area contributed by atoms with Crippen molar-refractivity contribution in [1.29, 1.82) is 0 Å². The van der Waals surface area contributed by atoms with Gasteiger partial charge < -0.3 is 9.84 Å². The topological polar surface area (TPSA) is 46.5 Å². The Balaban J connectivity index is 2.49. The monoisotopic (exact) mass is 222 g/mol. The highest BCUT2D eigenvalue weighted by molar-refractivity contribution is 5.89.